The number of allylic oxidation sites excluding steroid dienone is 1. The lowest BCUT2D eigenvalue weighted by Gasteiger charge is -2.36. The van der Waals surface area contributed by atoms with Crippen LogP contribution in [0, 0.1) is 0 Å². The Balaban J connectivity index is 1.81. The first-order chi connectivity index (χ1) is 16.7. The summed E-state index contributed by atoms with van der Waals surface area (Å²) in [6.07, 6.45) is 3.13. The standard InChI is InChI=1S/C28H43N3O4S/c1-19-24(26(32)29-23-17-35-18-23)16-25(31(19)36(33,34)30-11-9-8-10-12-30)20-13-21(27(2,3)4)15-22(14-20)28(5,6)7/h13-15,23,25H,8-12,16-18H2,1-7H3,(H,29,32). The minimum absolute atomic E-state index is 0.0132. The molecule has 1 aromatic carbocycles. The third-order valence-electron chi connectivity index (χ3n) is 7.66. The van der Waals surface area contributed by atoms with E-state index in [-0.39, 0.29) is 22.8 Å². The van der Waals surface area contributed by atoms with Gasteiger partial charge in [-0.05, 0) is 47.3 Å². The second-order valence-corrected chi connectivity index (χ2v) is 14.4. The van der Waals surface area contributed by atoms with Crippen LogP contribution in [-0.4, -0.2) is 55.3 Å². The largest absolute Gasteiger partial charge is 0.377 e. The molecule has 200 valence electrons. The van der Waals surface area contributed by atoms with Crippen molar-refractivity contribution in [3.63, 3.8) is 0 Å². The quantitative estimate of drug-likeness (QED) is 0.622. The average molecular weight is 518 g/mol. The minimum atomic E-state index is -3.79. The summed E-state index contributed by atoms with van der Waals surface area (Å²) in [6.45, 7) is 16.9. The van der Waals surface area contributed by atoms with E-state index in [2.05, 4.69) is 65.1 Å². The summed E-state index contributed by atoms with van der Waals surface area (Å²) in [5.41, 5.74) is 4.16. The number of hydrogen-bond donors (Lipinski definition) is 1. The van der Waals surface area contributed by atoms with Crippen LogP contribution in [0.1, 0.15) is 96.9 Å². The first-order valence-electron chi connectivity index (χ1n) is 13.2. The molecule has 8 heteroatoms. The van der Waals surface area contributed by atoms with Crippen LogP contribution in [0.2, 0.25) is 0 Å². The van der Waals surface area contributed by atoms with E-state index < -0.39 is 16.3 Å². The van der Waals surface area contributed by atoms with Gasteiger partial charge in [0.1, 0.15) is 0 Å². The number of nitrogens with zero attached hydrogens (tertiary/aromatic N) is 2. The van der Waals surface area contributed by atoms with Gasteiger partial charge in [0.2, 0.25) is 5.91 Å². The number of amides is 1. The molecule has 0 aliphatic carbocycles. The molecule has 36 heavy (non-hydrogen) atoms. The lowest BCUT2D eigenvalue weighted by atomic mass is 9.78. The van der Waals surface area contributed by atoms with Gasteiger partial charge in [-0.25, -0.2) is 0 Å². The summed E-state index contributed by atoms with van der Waals surface area (Å²) < 4.78 is 36.5. The fraction of sp³-hybridized carbons (Fsp3) is 0.679. The van der Waals surface area contributed by atoms with E-state index in [4.69, 9.17) is 4.74 Å². The van der Waals surface area contributed by atoms with Gasteiger partial charge in [-0.3, -0.25) is 9.10 Å². The number of carbonyl (C=O) groups is 1. The number of ether oxygens (including phenoxy) is 1. The van der Waals surface area contributed by atoms with Gasteiger partial charge in [-0.15, -0.1) is 0 Å². The Kier molecular flexibility index (Phi) is 7.36. The number of nitrogens with one attached hydrogen (secondary N) is 1. The van der Waals surface area contributed by atoms with Crippen LogP contribution < -0.4 is 5.32 Å². The molecule has 1 unspecified atom stereocenters. The van der Waals surface area contributed by atoms with Crippen LogP contribution >= 0.6 is 0 Å². The molecule has 1 N–H and O–H groups in total. The van der Waals surface area contributed by atoms with Crippen LogP contribution in [-0.2, 0) is 30.6 Å². The second kappa shape index (κ2) is 9.76. The zero-order valence-electron chi connectivity index (χ0n) is 23.0. The predicted octanol–water partition coefficient (Wildman–Crippen LogP) is 4.55. The van der Waals surface area contributed by atoms with Crippen molar-refractivity contribution in [2.24, 2.45) is 0 Å². The highest BCUT2D eigenvalue weighted by atomic mass is 32.2. The maximum atomic E-state index is 14.1. The van der Waals surface area contributed by atoms with Crippen molar-refractivity contribution in [2.45, 2.75) is 97.1 Å². The molecule has 0 aromatic heterocycles. The Morgan fingerprint density at radius 3 is 1.97 bits per heavy atom. The van der Waals surface area contributed by atoms with Crippen molar-refractivity contribution < 1.29 is 17.9 Å². The highest BCUT2D eigenvalue weighted by Gasteiger charge is 2.44. The second-order valence-electron chi connectivity index (χ2n) is 12.6. The minimum Gasteiger partial charge on any atom is -0.377 e. The maximum absolute atomic E-state index is 14.1. The molecule has 0 spiro atoms. The molecule has 7 nitrogen and oxygen atoms in total. The molecule has 0 radical (unpaired) electrons. The van der Waals surface area contributed by atoms with E-state index in [1.807, 2.05) is 0 Å². The highest BCUT2D eigenvalue weighted by Crippen LogP contribution is 2.44. The lowest BCUT2D eigenvalue weighted by molar-refractivity contribution is -0.121. The summed E-state index contributed by atoms with van der Waals surface area (Å²) >= 11 is 0. The van der Waals surface area contributed by atoms with E-state index in [1.54, 1.807) is 15.5 Å². The number of carbonyl (C=O) groups excluding carboxylic acids is 1. The monoisotopic (exact) mass is 517 g/mol. The van der Waals surface area contributed by atoms with Crippen LogP contribution in [0.3, 0.4) is 0 Å². The Morgan fingerprint density at radius 1 is 0.944 bits per heavy atom. The number of hydrogen-bond acceptors (Lipinski definition) is 4. The predicted molar refractivity (Wildman–Crippen MR) is 143 cm³/mol. The van der Waals surface area contributed by atoms with E-state index in [9.17, 15) is 13.2 Å². The Bertz CT molecular complexity index is 1100. The van der Waals surface area contributed by atoms with Crippen LogP contribution in [0.5, 0.6) is 0 Å². The third kappa shape index (κ3) is 5.36. The summed E-state index contributed by atoms with van der Waals surface area (Å²) in [5, 5.41) is 3.03. The molecule has 3 aliphatic heterocycles. The Morgan fingerprint density at radius 2 is 1.50 bits per heavy atom. The van der Waals surface area contributed by atoms with E-state index in [0.717, 1.165) is 24.8 Å². The smallest absolute Gasteiger partial charge is 0.304 e. The molecule has 1 atom stereocenters. The maximum Gasteiger partial charge on any atom is 0.304 e. The molecule has 3 aliphatic rings. The molecule has 4 rings (SSSR count). The van der Waals surface area contributed by atoms with Gasteiger partial charge in [-0.1, -0.05) is 66.2 Å². The number of benzene rings is 1. The molecule has 0 bridgehead atoms. The summed E-state index contributed by atoms with van der Waals surface area (Å²) in [4.78, 5) is 13.3. The van der Waals surface area contributed by atoms with Crippen LogP contribution in [0.15, 0.2) is 29.5 Å². The topological polar surface area (TPSA) is 79.0 Å². The van der Waals surface area contributed by atoms with Gasteiger partial charge >= 0.3 is 10.2 Å². The van der Waals surface area contributed by atoms with Crippen molar-refractivity contribution in [2.75, 3.05) is 26.3 Å². The molecule has 2 saturated heterocycles. The molecular weight excluding hydrogens is 474 g/mol. The molecule has 3 heterocycles. The van der Waals surface area contributed by atoms with Gasteiger partial charge in [0.05, 0.1) is 25.3 Å². The van der Waals surface area contributed by atoms with Crippen molar-refractivity contribution >= 4 is 16.1 Å². The average Bonchev–Trinajstić information content (AvgIpc) is 3.13. The van der Waals surface area contributed by atoms with Crippen LogP contribution in [0.25, 0.3) is 0 Å². The van der Waals surface area contributed by atoms with E-state index in [0.29, 0.717) is 44.0 Å². The first-order valence-corrected chi connectivity index (χ1v) is 14.6. The Hall–Kier alpha value is -1.90. The van der Waals surface area contributed by atoms with Crippen molar-refractivity contribution in [1.29, 1.82) is 0 Å². The SMILES string of the molecule is CC1=C(C(=O)NC2COC2)CC(c2cc(C(C)(C)C)cc(C(C)(C)C)c2)N1S(=O)(=O)N1CCCCC1. The van der Waals surface area contributed by atoms with Crippen LogP contribution in [0.4, 0.5) is 0 Å². The van der Waals surface area contributed by atoms with Crippen molar-refractivity contribution in [3.8, 4) is 0 Å². The fourth-order valence-corrected chi connectivity index (χ4v) is 7.10. The molecule has 0 saturated carbocycles. The zero-order valence-corrected chi connectivity index (χ0v) is 23.8. The highest BCUT2D eigenvalue weighted by molar-refractivity contribution is 7.86. The number of rotatable bonds is 5. The fourth-order valence-electron chi connectivity index (χ4n) is 5.16. The van der Waals surface area contributed by atoms with Gasteiger partial charge in [0.15, 0.2) is 0 Å². The summed E-state index contributed by atoms with van der Waals surface area (Å²) in [6, 6.07) is 6.06. The van der Waals surface area contributed by atoms with Gasteiger partial charge in [0.25, 0.3) is 0 Å². The molecule has 2 fully saturated rings. The van der Waals surface area contributed by atoms with Gasteiger partial charge in [0, 0.05) is 30.8 Å². The first kappa shape index (κ1) is 27.1. The Labute approximate surface area is 217 Å². The molecular formula is C28H43N3O4S. The normalized spacial score (nSPS) is 22.6. The molecule has 1 amide bonds. The van der Waals surface area contributed by atoms with E-state index >= 15 is 0 Å². The van der Waals surface area contributed by atoms with Gasteiger partial charge < -0.3 is 10.1 Å². The zero-order chi connectivity index (χ0) is 26.5. The summed E-state index contributed by atoms with van der Waals surface area (Å²) in [5.74, 6) is -0.190. The summed E-state index contributed by atoms with van der Waals surface area (Å²) in [7, 11) is -3.79. The molecule has 1 aromatic rings. The van der Waals surface area contributed by atoms with Gasteiger partial charge in [-0.2, -0.15) is 12.7 Å². The lowest BCUT2D eigenvalue weighted by Crippen LogP contribution is -2.49. The van der Waals surface area contributed by atoms with E-state index in [1.165, 1.54) is 11.1 Å². The van der Waals surface area contributed by atoms with Crippen molar-refractivity contribution in [1.82, 2.24) is 13.9 Å². The van der Waals surface area contributed by atoms with Crippen molar-refractivity contribution in [3.05, 3.63) is 46.2 Å². The third-order valence-corrected chi connectivity index (χ3v) is 9.70. The number of piperidine rings is 1.